The Balaban J connectivity index is 0.616. The zero-order chi connectivity index (χ0) is 79.6. The fourth-order valence-corrected chi connectivity index (χ4v) is 12.8. The summed E-state index contributed by atoms with van der Waals surface area (Å²) in [6.07, 6.45) is -5.53. The number of esters is 2. The SMILES string of the molecule is CCc1c2c(nc3ccc(O)cc13)-c1cc3c(c(=O)n1C2)COC(=O)[C@@]3(CC)OC(=O)c1ccc(NC(=O)[C@H](C)NC(=O)[C@@H](NC(=O)CCOCCOCCOCCOCCOCCOCCOCCOCCNC(=O)CNC(=O)CCn2c(CNC)cc3cccnc32)C(C)C)cc1O[C@H]1C[C@@H](O)[C@H](O)[C@@H](C(=O)O)O1. The van der Waals surface area contributed by atoms with E-state index < -0.39 is 114 Å². The fourth-order valence-electron chi connectivity index (χ4n) is 12.8. The molecule has 0 bridgehead atoms. The van der Waals surface area contributed by atoms with Crippen LogP contribution in [-0.4, -0.2) is 250 Å². The first-order chi connectivity index (χ1) is 53.5. The average Bonchev–Trinajstić information content (AvgIpc) is 1.63. The van der Waals surface area contributed by atoms with Gasteiger partial charge in [-0.25, -0.2) is 24.4 Å². The number of aliphatic carboxylic acids is 1. The number of pyridine rings is 3. The predicted molar refractivity (Wildman–Crippen MR) is 396 cm³/mol. The van der Waals surface area contributed by atoms with Crippen molar-refractivity contribution < 1.29 is 116 Å². The third-order valence-electron chi connectivity index (χ3n) is 18.6. The van der Waals surface area contributed by atoms with Crippen LogP contribution in [-0.2, 0) is 124 Å². The van der Waals surface area contributed by atoms with Gasteiger partial charge in [0.25, 0.3) is 5.56 Å². The molecule has 10 N–H and O–H groups in total. The molecular formula is C76H100N10O25. The van der Waals surface area contributed by atoms with Crippen LogP contribution in [0.15, 0.2) is 71.7 Å². The number of aliphatic hydroxyl groups excluding tert-OH is 2. The third kappa shape index (κ3) is 23.0. The Hall–Kier alpha value is -9.63. The van der Waals surface area contributed by atoms with Crippen molar-refractivity contribution in [1.29, 1.82) is 0 Å². The number of aromatic nitrogens is 4. The number of rotatable bonds is 47. The minimum absolute atomic E-state index is 0.0175. The number of fused-ring (bicyclic) bond motifs is 6. The summed E-state index contributed by atoms with van der Waals surface area (Å²) in [6.45, 7) is 14.2. The second-order valence-electron chi connectivity index (χ2n) is 26.6. The van der Waals surface area contributed by atoms with Gasteiger partial charge in [0.05, 0.1) is 147 Å². The van der Waals surface area contributed by atoms with Crippen molar-refractivity contribution in [2.45, 2.75) is 135 Å². The number of aromatic hydroxyl groups is 1. The summed E-state index contributed by atoms with van der Waals surface area (Å²) in [5.74, 6) is -7.17. The van der Waals surface area contributed by atoms with Crippen molar-refractivity contribution in [2.24, 2.45) is 5.92 Å². The van der Waals surface area contributed by atoms with Gasteiger partial charge in [-0.05, 0) is 92.9 Å². The molecule has 35 heteroatoms. The van der Waals surface area contributed by atoms with Crippen molar-refractivity contribution in [2.75, 3.05) is 131 Å². The molecule has 0 spiro atoms. The molecule has 5 amide bonds. The number of aliphatic hydroxyl groups is 2. The Kier molecular flexibility index (Phi) is 32.4. The van der Waals surface area contributed by atoms with Crippen LogP contribution >= 0.6 is 0 Å². The van der Waals surface area contributed by atoms with Crippen LogP contribution in [0.3, 0.4) is 0 Å². The molecule has 3 aliphatic rings. The van der Waals surface area contributed by atoms with Gasteiger partial charge in [-0.1, -0.05) is 27.7 Å². The smallest absolute Gasteiger partial charge is 0.355 e. The largest absolute Gasteiger partial charge is 0.508 e. The predicted octanol–water partition coefficient (Wildman–Crippen LogP) is 2.01. The van der Waals surface area contributed by atoms with Gasteiger partial charge in [0, 0.05) is 84.4 Å². The molecule has 4 aromatic heterocycles. The number of anilines is 1. The van der Waals surface area contributed by atoms with Crippen LogP contribution in [0.5, 0.6) is 11.5 Å². The monoisotopic (exact) mass is 1550 g/mol. The second-order valence-corrected chi connectivity index (χ2v) is 26.6. The van der Waals surface area contributed by atoms with Crippen LogP contribution in [0.2, 0.25) is 0 Å². The maximum atomic E-state index is 14.7. The third-order valence-corrected chi connectivity index (χ3v) is 18.6. The summed E-state index contributed by atoms with van der Waals surface area (Å²) in [6, 6.07) is 13.5. The van der Waals surface area contributed by atoms with Crippen LogP contribution < -0.4 is 42.2 Å². The van der Waals surface area contributed by atoms with Crippen molar-refractivity contribution in [3.05, 3.63) is 111 Å². The van der Waals surface area contributed by atoms with Crippen LogP contribution in [0, 0.1) is 5.92 Å². The molecule has 1 saturated heterocycles. The Morgan fingerprint density at radius 2 is 1.37 bits per heavy atom. The molecule has 0 unspecified atom stereocenters. The second kappa shape index (κ2) is 42.1. The molecule has 0 aliphatic carbocycles. The molecule has 7 atom stereocenters. The number of carboxylic acid groups (broad SMARTS) is 1. The normalized spacial score (nSPS) is 17.6. The lowest BCUT2D eigenvalue weighted by Gasteiger charge is -2.36. The Labute approximate surface area is 639 Å². The zero-order valence-corrected chi connectivity index (χ0v) is 63.1. The van der Waals surface area contributed by atoms with E-state index in [0.29, 0.717) is 134 Å². The maximum Gasteiger partial charge on any atom is 0.355 e. The highest BCUT2D eigenvalue weighted by molar-refractivity contribution is 6.01. The molecule has 3 aliphatic heterocycles. The molecule has 0 radical (unpaired) electrons. The van der Waals surface area contributed by atoms with Crippen molar-refractivity contribution in [3.8, 4) is 22.9 Å². The Morgan fingerprint density at radius 1 is 0.721 bits per heavy atom. The van der Waals surface area contributed by atoms with Crippen LogP contribution in [0.1, 0.15) is 98.6 Å². The fraction of sp³-hybridized carbons (Fsp3) is 0.539. The van der Waals surface area contributed by atoms with Gasteiger partial charge in [-0.3, -0.25) is 28.8 Å². The minimum atomic E-state index is -2.24. The maximum absolute atomic E-state index is 14.7. The van der Waals surface area contributed by atoms with Gasteiger partial charge < -0.3 is 118 Å². The summed E-state index contributed by atoms with van der Waals surface area (Å²) >= 11 is 0. The van der Waals surface area contributed by atoms with E-state index in [9.17, 15) is 63.6 Å². The van der Waals surface area contributed by atoms with Gasteiger partial charge in [0.1, 0.15) is 47.5 Å². The highest BCUT2D eigenvalue weighted by Crippen LogP contribution is 2.44. The zero-order valence-electron chi connectivity index (χ0n) is 63.1. The number of nitrogens with zero attached hydrogens (tertiary/aromatic N) is 4. The lowest BCUT2D eigenvalue weighted by atomic mass is 9.85. The molecule has 6 aromatic rings. The molecule has 35 nitrogen and oxygen atoms in total. The minimum Gasteiger partial charge on any atom is -0.508 e. The molecule has 2 aromatic carbocycles. The van der Waals surface area contributed by atoms with Crippen molar-refractivity contribution in [3.63, 3.8) is 0 Å². The highest BCUT2D eigenvalue weighted by Gasteiger charge is 2.51. The van der Waals surface area contributed by atoms with E-state index in [4.69, 9.17) is 61.8 Å². The van der Waals surface area contributed by atoms with E-state index in [-0.39, 0.29) is 86.6 Å². The molecule has 604 valence electrons. The summed E-state index contributed by atoms with van der Waals surface area (Å²) in [5, 5.41) is 59.4. The number of benzene rings is 2. The van der Waals surface area contributed by atoms with Crippen molar-refractivity contribution >= 4 is 75.1 Å². The number of nitrogens with one attached hydrogen (secondary N) is 6. The number of carbonyl (C=O) groups excluding carboxylic acids is 7. The number of cyclic esters (lactones) is 1. The number of phenolic OH excluding ortho intramolecular Hbond substituents is 1. The number of hydrogen-bond acceptors (Lipinski definition) is 27. The first-order valence-electron chi connectivity index (χ1n) is 37.1. The number of carbonyl (C=O) groups is 8. The molecule has 7 heterocycles. The van der Waals surface area contributed by atoms with Crippen molar-refractivity contribution in [1.82, 2.24) is 45.7 Å². The van der Waals surface area contributed by atoms with E-state index in [1.165, 1.54) is 29.7 Å². The van der Waals surface area contributed by atoms with Crippen LogP contribution in [0.4, 0.5) is 5.69 Å². The number of phenols is 1. The van der Waals surface area contributed by atoms with Gasteiger partial charge in [-0.15, -0.1) is 0 Å². The van der Waals surface area contributed by atoms with Gasteiger partial charge in [0.2, 0.25) is 41.4 Å². The Bertz CT molecular complexity index is 4270. The number of hydrogen-bond donors (Lipinski definition) is 10. The quantitative estimate of drug-likeness (QED) is 0.0193. The van der Waals surface area contributed by atoms with Gasteiger partial charge in [0.15, 0.2) is 6.10 Å². The molecular weight excluding hydrogens is 1450 g/mol. The van der Waals surface area contributed by atoms with E-state index in [2.05, 4.69) is 36.9 Å². The first kappa shape index (κ1) is 85.4. The molecule has 0 saturated carbocycles. The number of carboxylic acids is 1. The summed E-state index contributed by atoms with van der Waals surface area (Å²) in [4.78, 5) is 130. The van der Waals surface area contributed by atoms with E-state index in [1.54, 1.807) is 45.2 Å². The number of aryl methyl sites for hydroxylation is 2. The summed E-state index contributed by atoms with van der Waals surface area (Å²) in [5.41, 5.74) is 1.65. The molecule has 9 rings (SSSR count). The molecule has 1 fully saturated rings. The lowest BCUT2D eigenvalue weighted by molar-refractivity contribution is -0.228. The van der Waals surface area contributed by atoms with Gasteiger partial charge >= 0.3 is 17.9 Å². The number of amides is 5. The Morgan fingerprint density at radius 3 is 1.99 bits per heavy atom. The highest BCUT2D eigenvalue weighted by atomic mass is 16.7. The van der Waals surface area contributed by atoms with E-state index in [1.807, 2.05) is 36.7 Å². The van der Waals surface area contributed by atoms with Crippen LogP contribution in [0.25, 0.3) is 33.3 Å². The average molecular weight is 1550 g/mol. The topological polar surface area (TPSA) is 453 Å². The molecule has 111 heavy (non-hydrogen) atoms. The standard InChI is InChI=1S/C76H100N10O25/c1-7-51-53-38-50(87)12-14-57(53)83-66-54(51)43-86-58(66)39-56-55(72(86)95)44-108-75(99)76(56,8-2)111-74(98)52-13-11-48(37-60(52)109-64-40-59(88)67(92)68(110-64)73(96)97)82-70(93)46(5)81-71(94)65(45(3)4)84-62(90)16-20-100-22-24-102-26-28-104-30-32-106-34-35-107-33-31-105-29-27-103-25-23-101-21-18-78-63(91)42-80-61(89)15-19-85-49(41-77-6)36-47-10-9-17-79-69(47)85/h9-14,17,36-39,45-46,59,64-65,67-68,77,87-88,92H,7-8,15-16,18-35,40-44H2,1-6H3,(H,78,91)(H,80,89)(H,81,94)(H,82,93)(H,84,90)(H,96,97)/t46-,59+,64+,65-,67-,68-,76-/m0/s1. The summed E-state index contributed by atoms with van der Waals surface area (Å²) in [7, 11) is 1.86. The van der Waals surface area contributed by atoms with E-state index >= 15 is 0 Å². The lowest BCUT2D eigenvalue weighted by Crippen LogP contribution is -2.53. The number of ether oxygens (including phenoxy) is 12. The first-order valence-corrected chi connectivity index (χ1v) is 37.1. The van der Waals surface area contributed by atoms with Gasteiger partial charge in [-0.2, -0.15) is 0 Å². The summed E-state index contributed by atoms with van der Waals surface area (Å²) < 4.78 is 71.1. The van der Waals surface area contributed by atoms with E-state index in [0.717, 1.165) is 33.9 Å².